The first-order valence-corrected chi connectivity index (χ1v) is 7.57. The smallest absolute Gasteiger partial charge is 0.257 e. The SMILES string of the molecule is CCCNc1ncccc1C(=O)N1CCN(CCO)CC1. The number of nitrogens with zero attached hydrogens (tertiary/aromatic N) is 3. The van der Waals surface area contributed by atoms with Crippen molar-refractivity contribution < 1.29 is 9.90 Å². The van der Waals surface area contributed by atoms with Gasteiger partial charge >= 0.3 is 0 Å². The van der Waals surface area contributed by atoms with E-state index in [4.69, 9.17) is 5.11 Å². The van der Waals surface area contributed by atoms with Crippen LogP contribution in [0.4, 0.5) is 5.82 Å². The number of piperazine rings is 1. The molecule has 0 aliphatic carbocycles. The van der Waals surface area contributed by atoms with Crippen molar-refractivity contribution in [1.29, 1.82) is 0 Å². The maximum Gasteiger partial charge on any atom is 0.257 e. The minimum Gasteiger partial charge on any atom is -0.395 e. The third kappa shape index (κ3) is 4.15. The van der Waals surface area contributed by atoms with Gasteiger partial charge in [0.25, 0.3) is 5.91 Å². The molecule has 2 heterocycles. The van der Waals surface area contributed by atoms with E-state index in [1.165, 1.54) is 0 Å². The van der Waals surface area contributed by atoms with Gasteiger partial charge in [-0.3, -0.25) is 9.69 Å². The molecule has 0 unspecified atom stereocenters. The molecule has 2 rings (SSSR count). The Morgan fingerprint density at radius 2 is 2.14 bits per heavy atom. The van der Waals surface area contributed by atoms with Crippen LogP contribution in [0.3, 0.4) is 0 Å². The van der Waals surface area contributed by atoms with Gasteiger partial charge < -0.3 is 15.3 Å². The summed E-state index contributed by atoms with van der Waals surface area (Å²) in [7, 11) is 0. The van der Waals surface area contributed by atoms with Gasteiger partial charge in [0.05, 0.1) is 12.2 Å². The molecule has 6 nitrogen and oxygen atoms in total. The standard InChI is InChI=1S/C15H24N4O2/c1-2-5-16-14-13(4-3-6-17-14)15(21)19-9-7-18(8-10-19)11-12-20/h3-4,6,20H,2,5,7-12H2,1H3,(H,16,17). The second-order valence-corrected chi connectivity index (χ2v) is 5.18. The highest BCUT2D eigenvalue weighted by Crippen LogP contribution is 2.15. The zero-order valence-electron chi connectivity index (χ0n) is 12.6. The van der Waals surface area contributed by atoms with Crippen molar-refractivity contribution in [2.75, 3.05) is 51.2 Å². The van der Waals surface area contributed by atoms with E-state index in [1.807, 2.05) is 11.0 Å². The minimum atomic E-state index is 0.0327. The fourth-order valence-corrected chi connectivity index (χ4v) is 2.45. The fourth-order valence-electron chi connectivity index (χ4n) is 2.45. The molecule has 21 heavy (non-hydrogen) atoms. The molecule has 1 aliphatic heterocycles. The van der Waals surface area contributed by atoms with Crippen LogP contribution in [0.1, 0.15) is 23.7 Å². The molecule has 0 radical (unpaired) electrons. The number of aliphatic hydroxyl groups excluding tert-OH is 1. The van der Waals surface area contributed by atoms with E-state index in [-0.39, 0.29) is 12.5 Å². The van der Waals surface area contributed by atoms with Gasteiger partial charge in [-0.1, -0.05) is 6.92 Å². The third-order valence-electron chi connectivity index (χ3n) is 3.66. The molecule has 0 aromatic carbocycles. The van der Waals surface area contributed by atoms with E-state index in [0.29, 0.717) is 31.0 Å². The van der Waals surface area contributed by atoms with E-state index in [0.717, 1.165) is 26.1 Å². The summed E-state index contributed by atoms with van der Waals surface area (Å²) < 4.78 is 0. The van der Waals surface area contributed by atoms with Crippen molar-refractivity contribution in [3.05, 3.63) is 23.9 Å². The van der Waals surface area contributed by atoms with Crippen LogP contribution < -0.4 is 5.32 Å². The van der Waals surface area contributed by atoms with Crippen LogP contribution in [0.25, 0.3) is 0 Å². The summed E-state index contributed by atoms with van der Waals surface area (Å²) in [4.78, 5) is 20.9. The van der Waals surface area contributed by atoms with Crippen molar-refractivity contribution in [1.82, 2.24) is 14.8 Å². The van der Waals surface area contributed by atoms with Crippen LogP contribution >= 0.6 is 0 Å². The van der Waals surface area contributed by atoms with Crippen LogP contribution in [-0.2, 0) is 0 Å². The van der Waals surface area contributed by atoms with E-state index < -0.39 is 0 Å². The molecule has 2 N–H and O–H groups in total. The number of hydrogen-bond donors (Lipinski definition) is 2. The number of aromatic nitrogens is 1. The van der Waals surface area contributed by atoms with Crippen LogP contribution in [0.2, 0.25) is 0 Å². The molecular weight excluding hydrogens is 268 g/mol. The molecule has 116 valence electrons. The average Bonchev–Trinajstić information content (AvgIpc) is 2.53. The van der Waals surface area contributed by atoms with Crippen molar-refractivity contribution in [2.45, 2.75) is 13.3 Å². The van der Waals surface area contributed by atoms with Crippen LogP contribution in [-0.4, -0.2) is 71.7 Å². The average molecular weight is 292 g/mol. The quantitative estimate of drug-likeness (QED) is 0.806. The number of nitrogens with one attached hydrogen (secondary N) is 1. The molecule has 1 amide bonds. The largest absolute Gasteiger partial charge is 0.395 e. The normalized spacial score (nSPS) is 16.0. The highest BCUT2D eigenvalue weighted by atomic mass is 16.3. The molecule has 6 heteroatoms. The number of rotatable bonds is 6. The number of anilines is 1. The molecule has 0 bridgehead atoms. The van der Waals surface area contributed by atoms with E-state index >= 15 is 0 Å². The summed E-state index contributed by atoms with van der Waals surface area (Å²) in [6.07, 6.45) is 2.69. The van der Waals surface area contributed by atoms with Crippen LogP contribution in [0.5, 0.6) is 0 Å². The Labute approximate surface area is 125 Å². The number of carbonyl (C=O) groups excluding carboxylic acids is 1. The Morgan fingerprint density at radius 3 is 2.81 bits per heavy atom. The molecule has 0 atom stereocenters. The lowest BCUT2D eigenvalue weighted by Crippen LogP contribution is -2.49. The molecular formula is C15H24N4O2. The monoisotopic (exact) mass is 292 g/mol. The molecule has 1 fully saturated rings. The summed E-state index contributed by atoms with van der Waals surface area (Å²) in [5.74, 6) is 0.701. The number of hydrogen-bond acceptors (Lipinski definition) is 5. The van der Waals surface area contributed by atoms with E-state index in [9.17, 15) is 4.79 Å². The van der Waals surface area contributed by atoms with Crippen molar-refractivity contribution in [3.8, 4) is 0 Å². The summed E-state index contributed by atoms with van der Waals surface area (Å²) in [5.41, 5.74) is 0.640. The molecule has 0 saturated carbocycles. The third-order valence-corrected chi connectivity index (χ3v) is 3.66. The lowest BCUT2D eigenvalue weighted by atomic mass is 10.2. The number of aliphatic hydroxyl groups is 1. The first kappa shape index (κ1) is 15.7. The number of β-amino-alcohol motifs (C(OH)–C–C–N with tert-alkyl or cyclic N) is 1. The lowest BCUT2D eigenvalue weighted by molar-refractivity contribution is 0.0615. The highest BCUT2D eigenvalue weighted by molar-refractivity contribution is 5.98. The predicted molar refractivity (Wildman–Crippen MR) is 82.4 cm³/mol. The first-order valence-electron chi connectivity index (χ1n) is 7.57. The Kier molecular flexibility index (Phi) is 5.95. The van der Waals surface area contributed by atoms with Gasteiger partial charge in [0, 0.05) is 45.5 Å². The van der Waals surface area contributed by atoms with Crippen molar-refractivity contribution >= 4 is 11.7 Å². The second kappa shape index (κ2) is 7.95. The molecule has 1 aromatic rings. The lowest BCUT2D eigenvalue weighted by Gasteiger charge is -2.34. The second-order valence-electron chi connectivity index (χ2n) is 5.18. The maximum absolute atomic E-state index is 12.6. The Morgan fingerprint density at radius 1 is 1.38 bits per heavy atom. The molecule has 1 aliphatic rings. The summed E-state index contributed by atoms with van der Waals surface area (Å²) >= 11 is 0. The molecule has 1 aromatic heterocycles. The van der Waals surface area contributed by atoms with Crippen LogP contribution in [0, 0.1) is 0 Å². The van der Waals surface area contributed by atoms with Gasteiger partial charge in [-0.05, 0) is 18.6 Å². The highest BCUT2D eigenvalue weighted by Gasteiger charge is 2.23. The van der Waals surface area contributed by atoms with Gasteiger partial charge in [-0.2, -0.15) is 0 Å². The zero-order chi connectivity index (χ0) is 15.1. The summed E-state index contributed by atoms with van der Waals surface area (Å²) in [6, 6.07) is 3.62. The predicted octanol–water partition coefficient (Wildman–Crippen LogP) is 0.654. The van der Waals surface area contributed by atoms with Gasteiger partial charge in [-0.25, -0.2) is 4.98 Å². The first-order chi connectivity index (χ1) is 10.3. The topological polar surface area (TPSA) is 68.7 Å². The number of amides is 1. The van der Waals surface area contributed by atoms with Gasteiger partial charge in [0.2, 0.25) is 0 Å². The molecule has 0 spiro atoms. The Bertz CT molecular complexity index is 459. The van der Waals surface area contributed by atoms with Gasteiger partial charge in [0.15, 0.2) is 0 Å². The summed E-state index contributed by atoms with van der Waals surface area (Å²) in [5, 5.41) is 12.2. The Hall–Kier alpha value is -1.66. The fraction of sp³-hybridized carbons (Fsp3) is 0.600. The van der Waals surface area contributed by atoms with Gasteiger partial charge in [-0.15, -0.1) is 0 Å². The maximum atomic E-state index is 12.6. The van der Waals surface area contributed by atoms with Gasteiger partial charge in [0.1, 0.15) is 5.82 Å². The van der Waals surface area contributed by atoms with Crippen molar-refractivity contribution in [3.63, 3.8) is 0 Å². The zero-order valence-corrected chi connectivity index (χ0v) is 12.6. The number of pyridine rings is 1. The van der Waals surface area contributed by atoms with E-state index in [2.05, 4.69) is 22.1 Å². The van der Waals surface area contributed by atoms with Crippen molar-refractivity contribution in [2.24, 2.45) is 0 Å². The molecule has 1 saturated heterocycles. The van der Waals surface area contributed by atoms with E-state index in [1.54, 1.807) is 12.3 Å². The number of carbonyl (C=O) groups is 1. The minimum absolute atomic E-state index is 0.0327. The Balaban J connectivity index is 2.00. The summed E-state index contributed by atoms with van der Waals surface area (Å²) in [6.45, 7) is 6.75. The van der Waals surface area contributed by atoms with Crippen LogP contribution in [0.15, 0.2) is 18.3 Å².